The highest BCUT2D eigenvalue weighted by atomic mass is 35.5. The number of carbonyl (C=O) groups excluding carboxylic acids is 1. The molecule has 1 amide bonds. The first-order valence-corrected chi connectivity index (χ1v) is 11.4. The van der Waals surface area contributed by atoms with Crippen LogP contribution in [0.5, 0.6) is 0 Å². The van der Waals surface area contributed by atoms with E-state index in [0.717, 1.165) is 39.9 Å². The van der Waals surface area contributed by atoms with Gasteiger partial charge in [-0.05, 0) is 29.4 Å². The molecule has 0 atom stereocenters. The molecule has 1 aromatic carbocycles. The van der Waals surface area contributed by atoms with Crippen LogP contribution in [0, 0.1) is 5.92 Å². The average molecular weight is 447 g/mol. The number of anilines is 1. The lowest BCUT2D eigenvalue weighted by Gasteiger charge is -2.11. The summed E-state index contributed by atoms with van der Waals surface area (Å²) in [6.07, 6.45) is 2.10. The Bertz CT molecular complexity index is 989. The molecule has 0 saturated heterocycles. The Morgan fingerprint density at radius 2 is 2.00 bits per heavy atom. The van der Waals surface area contributed by atoms with Crippen LogP contribution in [0.3, 0.4) is 0 Å². The number of hydrogen-bond donors (Lipinski definition) is 2. The van der Waals surface area contributed by atoms with Gasteiger partial charge in [0.05, 0.1) is 24.5 Å². The second-order valence-electron chi connectivity index (χ2n) is 7.32. The Morgan fingerprint density at radius 3 is 2.70 bits per heavy atom. The van der Waals surface area contributed by atoms with Gasteiger partial charge in [-0.1, -0.05) is 56.3 Å². The third-order valence-electron chi connectivity index (χ3n) is 4.35. The molecule has 9 heteroatoms. The first-order valence-electron chi connectivity index (χ1n) is 10.1. The molecule has 0 aliphatic rings. The first-order chi connectivity index (χ1) is 14.5. The number of rotatable bonds is 10. The molecule has 3 aromatic rings. The Hall–Kier alpha value is -2.32. The summed E-state index contributed by atoms with van der Waals surface area (Å²) in [5.74, 6) is 2.17. The summed E-state index contributed by atoms with van der Waals surface area (Å²) in [7, 11) is 0. The van der Waals surface area contributed by atoms with Crippen molar-refractivity contribution in [3.8, 4) is 0 Å². The average Bonchev–Trinajstić information content (AvgIpc) is 3.11. The summed E-state index contributed by atoms with van der Waals surface area (Å²) in [4.78, 5) is 21.5. The number of hydrogen-bond acceptors (Lipinski definition) is 6. The quantitative estimate of drug-likeness (QED) is 0.361. The van der Waals surface area contributed by atoms with E-state index < -0.39 is 0 Å². The monoisotopic (exact) mass is 446 g/mol. The predicted octanol–water partition coefficient (Wildman–Crippen LogP) is 4.02. The lowest BCUT2D eigenvalue weighted by molar-refractivity contribution is -0.120. The third-order valence-corrected chi connectivity index (χ3v) is 5.33. The molecule has 0 aliphatic carbocycles. The Kier molecular flexibility index (Phi) is 7.93. The molecule has 2 aromatic heterocycles. The molecule has 160 valence electrons. The molecule has 0 spiro atoms. The van der Waals surface area contributed by atoms with Gasteiger partial charge in [-0.15, -0.1) is 0 Å². The molecule has 0 radical (unpaired) electrons. The van der Waals surface area contributed by atoms with Gasteiger partial charge in [0, 0.05) is 18.1 Å². The van der Waals surface area contributed by atoms with Gasteiger partial charge in [0.2, 0.25) is 5.91 Å². The highest BCUT2D eigenvalue weighted by molar-refractivity contribution is 7.99. The SMILES string of the molecule is CCSc1nc(NCC(C)C)c2cnn(CCNC(=O)Cc3ccc(Cl)cc3)c2n1. The van der Waals surface area contributed by atoms with Crippen LogP contribution in [-0.4, -0.2) is 44.5 Å². The van der Waals surface area contributed by atoms with E-state index in [2.05, 4.69) is 46.5 Å². The first kappa shape index (κ1) is 22.4. The number of nitrogens with zero attached hydrogens (tertiary/aromatic N) is 4. The summed E-state index contributed by atoms with van der Waals surface area (Å²) in [6.45, 7) is 8.22. The van der Waals surface area contributed by atoms with Crippen molar-refractivity contribution in [2.75, 3.05) is 24.2 Å². The van der Waals surface area contributed by atoms with Crippen molar-refractivity contribution in [1.82, 2.24) is 25.1 Å². The van der Waals surface area contributed by atoms with E-state index in [-0.39, 0.29) is 5.91 Å². The van der Waals surface area contributed by atoms with Gasteiger partial charge < -0.3 is 10.6 Å². The zero-order chi connectivity index (χ0) is 21.5. The van der Waals surface area contributed by atoms with E-state index in [4.69, 9.17) is 11.6 Å². The van der Waals surface area contributed by atoms with E-state index in [0.29, 0.717) is 30.5 Å². The van der Waals surface area contributed by atoms with Gasteiger partial charge in [-0.25, -0.2) is 14.6 Å². The lowest BCUT2D eigenvalue weighted by atomic mass is 10.1. The second kappa shape index (κ2) is 10.6. The molecule has 0 fully saturated rings. The van der Waals surface area contributed by atoms with Crippen LogP contribution < -0.4 is 10.6 Å². The van der Waals surface area contributed by atoms with Crippen LogP contribution in [0.1, 0.15) is 26.3 Å². The molecular formula is C21H27ClN6OS. The van der Waals surface area contributed by atoms with Gasteiger partial charge in [-0.3, -0.25) is 4.79 Å². The van der Waals surface area contributed by atoms with Crippen molar-refractivity contribution in [2.24, 2.45) is 5.92 Å². The summed E-state index contributed by atoms with van der Waals surface area (Å²) in [5.41, 5.74) is 1.70. The maximum atomic E-state index is 12.2. The topological polar surface area (TPSA) is 84.7 Å². The number of aromatic nitrogens is 4. The van der Waals surface area contributed by atoms with E-state index in [1.54, 1.807) is 30.1 Å². The van der Waals surface area contributed by atoms with Crippen molar-refractivity contribution in [2.45, 2.75) is 38.9 Å². The fourth-order valence-corrected chi connectivity index (χ4v) is 3.57. The summed E-state index contributed by atoms with van der Waals surface area (Å²) >= 11 is 7.49. The molecule has 30 heavy (non-hydrogen) atoms. The number of benzene rings is 1. The smallest absolute Gasteiger partial charge is 0.224 e. The predicted molar refractivity (Wildman–Crippen MR) is 123 cm³/mol. The number of halogens is 1. The highest BCUT2D eigenvalue weighted by Crippen LogP contribution is 2.24. The van der Waals surface area contributed by atoms with E-state index in [1.807, 2.05) is 16.8 Å². The minimum absolute atomic E-state index is 0.0371. The molecule has 2 N–H and O–H groups in total. The number of amides is 1. The van der Waals surface area contributed by atoms with Crippen molar-refractivity contribution >= 4 is 46.1 Å². The van der Waals surface area contributed by atoms with Crippen molar-refractivity contribution < 1.29 is 4.79 Å². The van der Waals surface area contributed by atoms with Gasteiger partial charge in [0.15, 0.2) is 10.8 Å². The molecule has 3 rings (SSSR count). The van der Waals surface area contributed by atoms with Gasteiger partial charge in [0.1, 0.15) is 5.82 Å². The summed E-state index contributed by atoms with van der Waals surface area (Å²) in [5, 5.41) is 13.1. The Labute approximate surface area is 186 Å². The lowest BCUT2D eigenvalue weighted by Crippen LogP contribution is -2.28. The number of carbonyl (C=O) groups is 1. The molecule has 2 heterocycles. The minimum atomic E-state index is -0.0371. The second-order valence-corrected chi connectivity index (χ2v) is 8.99. The molecule has 0 saturated carbocycles. The number of thioether (sulfide) groups is 1. The zero-order valence-electron chi connectivity index (χ0n) is 17.5. The molecule has 0 unspecified atom stereocenters. The maximum absolute atomic E-state index is 12.2. The van der Waals surface area contributed by atoms with Crippen LogP contribution in [-0.2, 0) is 17.8 Å². The van der Waals surface area contributed by atoms with Crippen molar-refractivity contribution in [3.05, 3.63) is 41.0 Å². The van der Waals surface area contributed by atoms with E-state index in [1.165, 1.54) is 0 Å². The van der Waals surface area contributed by atoms with Crippen LogP contribution in [0.25, 0.3) is 11.0 Å². The number of nitrogens with one attached hydrogen (secondary N) is 2. The highest BCUT2D eigenvalue weighted by Gasteiger charge is 2.14. The van der Waals surface area contributed by atoms with Gasteiger partial charge >= 0.3 is 0 Å². The largest absolute Gasteiger partial charge is 0.369 e. The van der Waals surface area contributed by atoms with Crippen LogP contribution in [0.15, 0.2) is 35.6 Å². The van der Waals surface area contributed by atoms with Gasteiger partial charge in [-0.2, -0.15) is 5.10 Å². The molecule has 0 bridgehead atoms. The Morgan fingerprint density at radius 1 is 1.23 bits per heavy atom. The van der Waals surface area contributed by atoms with E-state index >= 15 is 0 Å². The fourth-order valence-electron chi connectivity index (χ4n) is 2.88. The third kappa shape index (κ3) is 6.09. The standard InChI is InChI=1S/C21H27ClN6OS/c1-4-30-21-26-19(24-12-14(2)3)17-13-25-28(20(17)27-21)10-9-23-18(29)11-15-5-7-16(22)8-6-15/h5-8,13-14H,4,9-12H2,1-3H3,(H,23,29)(H,24,26,27). The van der Waals surface area contributed by atoms with Crippen molar-refractivity contribution in [3.63, 3.8) is 0 Å². The minimum Gasteiger partial charge on any atom is -0.369 e. The summed E-state index contributed by atoms with van der Waals surface area (Å²) in [6, 6.07) is 7.30. The van der Waals surface area contributed by atoms with Crippen LogP contribution in [0.2, 0.25) is 5.02 Å². The molecular weight excluding hydrogens is 420 g/mol. The van der Waals surface area contributed by atoms with E-state index in [9.17, 15) is 4.79 Å². The zero-order valence-corrected chi connectivity index (χ0v) is 19.1. The maximum Gasteiger partial charge on any atom is 0.224 e. The molecule has 0 aliphatic heterocycles. The molecule has 7 nitrogen and oxygen atoms in total. The normalized spacial score (nSPS) is 11.2. The fraction of sp³-hybridized carbons (Fsp3) is 0.429. The van der Waals surface area contributed by atoms with Crippen molar-refractivity contribution in [1.29, 1.82) is 0 Å². The van der Waals surface area contributed by atoms with Gasteiger partial charge in [0.25, 0.3) is 0 Å². The number of fused-ring (bicyclic) bond motifs is 1. The van der Waals surface area contributed by atoms with Crippen LogP contribution in [0.4, 0.5) is 5.82 Å². The summed E-state index contributed by atoms with van der Waals surface area (Å²) < 4.78 is 1.82. The van der Waals surface area contributed by atoms with Crippen LogP contribution >= 0.6 is 23.4 Å². The Balaban J connectivity index is 1.66.